The lowest BCUT2D eigenvalue weighted by molar-refractivity contribution is 0.449. The van der Waals surface area contributed by atoms with Crippen LogP contribution in [-0.4, -0.2) is 5.11 Å². The number of rotatable bonds is 2. The topological polar surface area (TPSA) is 24.1 Å². The van der Waals surface area contributed by atoms with Crippen LogP contribution in [0.25, 0.3) is 0 Å². The number of hydrogen-bond donors (Lipinski definition) is 2. The van der Waals surface area contributed by atoms with Gasteiger partial charge in [-0.05, 0) is 49.3 Å². The molecule has 2 N–H and O–H groups in total. The molecule has 0 aliphatic heterocycles. The van der Waals surface area contributed by atoms with Gasteiger partial charge in [0.1, 0.15) is 0 Å². The van der Waals surface area contributed by atoms with E-state index in [9.17, 15) is 13.2 Å². The van der Waals surface area contributed by atoms with Gasteiger partial charge in [0.25, 0.3) is 0 Å². The molecule has 2 aromatic rings. The van der Waals surface area contributed by atoms with Crippen molar-refractivity contribution in [2.24, 2.45) is 0 Å². The van der Waals surface area contributed by atoms with E-state index >= 15 is 0 Å². The van der Waals surface area contributed by atoms with E-state index in [1.54, 1.807) is 0 Å². The molecule has 0 saturated heterocycles. The summed E-state index contributed by atoms with van der Waals surface area (Å²) in [5.74, 6) is -4.08. The lowest BCUT2D eigenvalue weighted by Gasteiger charge is -2.15. The second-order valence-corrected chi connectivity index (χ2v) is 4.98. The van der Waals surface area contributed by atoms with Crippen LogP contribution in [-0.2, 0) is 0 Å². The van der Waals surface area contributed by atoms with Gasteiger partial charge in [-0.25, -0.2) is 13.2 Å². The molecule has 2 nitrogen and oxygen atoms in total. The van der Waals surface area contributed by atoms with Gasteiger partial charge in [-0.1, -0.05) is 18.2 Å². The minimum absolute atomic E-state index is 0.0947. The van der Waals surface area contributed by atoms with E-state index < -0.39 is 17.5 Å². The van der Waals surface area contributed by atoms with Crippen molar-refractivity contribution in [3.8, 4) is 0 Å². The third-order valence-electron chi connectivity index (χ3n) is 3.00. The lowest BCUT2D eigenvalue weighted by Crippen LogP contribution is -2.21. The quantitative estimate of drug-likeness (QED) is 0.629. The molecule has 0 radical (unpaired) electrons. The predicted octanol–water partition coefficient (Wildman–Crippen LogP) is 4.53. The number of benzene rings is 2. The van der Waals surface area contributed by atoms with Gasteiger partial charge in [0.05, 0.1) is 5.69 Å². The molecule has 110 valence electrons. The smallest absolute Gasteiger partial charge is 0.196 e. The highest BCUT2D eigenvalue weighted by molar-refractivity contribution is 7.80. The van der Waals surface area contributed by atoms with E-state index in [2.05, 4.69) is 10.6 Å². The minimum Gasteiger partial charge on any atom is -0.332 e. The van der Waals surface area contributed by atoms with Crippen LogP contribution in [0.15, 0.2) is 30.3 Å². The molecule has 0 amide bonds. The first-order chi connectivity index (χ1) is 9.90. The van der Waals surface area contributed by atoms with Gasteiger partial charge in [-0.3, -0.25) is 0 Å². The van der Waals surface area contributed by atoms with Crippen molar-refractivity contribution in [2.45, 2.75) is 13.8 Å². The Morgan fingerprint density at radius 1 is 0.905 bits per heavy atom. The summed E-state index contributed by atoms with van der Waals surface area (Å²) in [4.78, 5) is 0. The zero-order chi connectivity index (χ0) is 15.6. The summed E-state index contributed by atoms with van der Waals surface area (Å²) < 4.78 is 39.6. The molecule has 0 saturated carbocycles. The van der Waals surface area contributed by atoms with Crippen molar-refractivity contribution in [3.05, 3.63) is 58.9 Å². The fourth-order valence-corrected chi connectivity index (χ4v) is 2.11. The summed E-state index contributed by atoms with van der Waals surface area (Å²) in [5, 5.41) is 5.54. The maximum absolute atomic E-state index is 13.6. The third kappa shape index (κ3) is 3.33. The van der Waals surface area contributed by atoms with Crippen molar-refractivity contribution >= 4 is 28.7 Å². The molecule has 0 spiro atoms. The Hall–Kier alpha value is -2.08. The first-order valence-corrected chi connectivity index (χ1v) is 6.58. The number of anilines is 2. The molecule has 0 atom stereocenters. The van der Waals surface area contributed by atoms with E-state index in [0.29, 0.717) is 0 Å². The standard InChI is InChI=1S/C15H13F3N2S/c1-8-4-3-5-9(2)14(8)20-15(21)19-11-7-6-10(16)12(17)13(11)18/h3-7H,1-2H3,(H2,19,20,21). The monoisotopic (exact) mass is 310 g/mol. The Balaban J connectivity index is 2.18. The molecule has 0 aliphatic rings. The van der Waals surface area contributed by atoms with Crippen LogP contribution in [0.3, 0.4) is 0 Å². The first-order valence-electron chi connectivity index (χ1n) is 6.18. The summed E-state index contributed by atoms with van der Waals surface area (Å²) >= 11 is 5.07. The molecule has 0 heterocycles. The Morgan fingerprint density at radius 3 is 2.14 bits per heavy atom. The van der Waals surface area contributed by atoms with Gasteiger partial charge >= 0.3 is 0 Å². The van der Waals surface area contributed by atoms with E-state index in [4.69, 9.17) is 12.2 Å². The number of aryl methyl sites for hydroxylation is 2. The molecule has 2 rings (SSSR count). The fourth-order valence-electron chi connectivity index (χ4n) is 1.90. The van der Waals surface area contributed by atoms with Crippen LogP contribution in [0, 0.1) is 31.3 Å². The minimum atomic E-state index is -1.53. The Labute approximate surface area is 126 Å². The van der Waals surface area contributed by atoms with Gasteiger partial charge in [0.2, 0.25) is 0 Å². The zero-order valence-corrected chi connectivity index (χ0v) is 12.2. The maximum Gasteiger partial charge on any atom is 0.196 e. The van der Waals surface area contributed by atoms with Crippen LogP contribution in [0.2, 0.25) is 0 Å². The summed E-state index contributed by atoms with van der Waals surface area (Å²) in [6, 6.07) is 7.63. The van der Waals surface area contributed by atoms with Crippen LogP contribution >= 0.6 is 12.2 Å². The average molecular weight is 310 g/mol. The second kappa shape index (κ2) is 6.13. The maximum atomic E-state index is 13.6. The molecule has 0 fully saturated rings. The molecule has 2 aromatic carbocycles. The van der Waals surface area contributed by atoms with Gasteiger partial charge in [0, 0.05) is 5.69 Å². The van der Waals surface area contributed by atoms with Crippen molar-refractivity contribution in [1.29, 1.82) is 0 Å². The van der Waals surface area contributed by atoms with Crippen molar-refractivity contribution in [3.63, 3.8) is 0 Å². The molecule has 6 heteroatoms. The average Bonchev–Trinajstić information content (AvgIpc) is 2.44. The molecule has 21 heavy (non-hydrogen) atoms. The molecule has 0 aliphatic carbocycles. The third-order valence-corrected chi connectivity index (χ3v) is 3.21. The van der Waals surface area contributed by atoms with Gasteiger partial charge in [0.15, 0.2) is 22.6 Å². The normalized spacial score (nSPS) is 10.3. The predicted molar refractivity (Wildman–Crippen MR) is 82.1 cm³/mol. The molecule has 0 unspecified atom stereocenters. The Bertz CT molecular complexity index is 681. The van der Waals surface area contributed by atoms with Crippen LogP contribution in [0.1, 0.15) is 11.1 Å². The number of para-hydroxylation sites is 1. The Kier molecular flexibility index (Phi) is 4.47. The van der Waals surface area contributed by atoms with E-state index in [1.807, 2.05) is 32.0 Å². The number of thiocarbonyl (C=S) groups is 1. The van der Waals surface area contributed by atoms with Crippen molar-refractivity contribution in [1.82, 2.24) is 0 Å². The highest BCUT2D eigenvalue weighted by Gasteiger charge is 2.14. The lowest BCUT2D eigenvalue weighted by atomic mass is 10.1. The molecule has 0 aromatic heterocycles. The number of halogens is 3. The van der Waals surface area contributed by atoms with Gasteiger partial charge in [-0.2, -0.15) is 0 Å². The van der Waals surface area contributed by atoms with E-state index in [1.165, 1.54) is 0 Å². The summed E-state index contributed by atoms with van der Waals surface area (Å²) in [6.07, 6.45) is 0. The highest BCUT2D eigenvalue weighted by atomic mass is 32.1. The molecule has 0 bridgehead atoms. The Morgan fingerprint density at radius 2 is 1.52 bits per heavy atom. The second-order valence-electron chi connectivity index (χ2n) is 4.57. The van der Waals surface area contributed by atoms with Crippen LogP contribution < -0.4 is 10.6 Å². The first kappa shape index (κ1) is 15.3. The highest BCUT2D eigenvalue weighted by Crippen LogP contribution is 2.22. The molecular weight excluding hydrogens is 297 g/mol. The molecular formula is C15H13F3N2S. The van der Waals surface area contributed by atoms with Crippen molar-refractivity contribution in [2.75, 3.05) is 10.6 Å². The van der Waals surface area contributed by atoms with E-state index in [0.717, 1.165) is 28.9 Å². The van der Waals surface area contributed by atoms with Crippen LogP contribution in [0.4, 0.5) is 24.5 Å². The fraction of sp³-hybridized carbons (Fsp3) is 0.133. The largest absolute Gasteiger partial charge is 0.332 e. The van der Waals surface area contributed by atoms with Crippen LogP contribution in [0.5, 0.6) is 0 Å². The summed E-state index contributed by atoms with van der Waals surface area (Å²) in [5.41, 5.74) is 2.49. The summed E-state index contributed by atoms with van der Waals surface area (Å²) in [7, 11) is 0. The zero-order valence-electron chi connectivity index (χ0n) is 11.4. The van der Waals surface area contributed by atoms with Crippen molar-refractivity contribution < 1.29 is 13.2 Å². The van der Waals surface area contributed by atoms with Gasteiger partial charge < -0.3 is 10.6 Å². The number of nitrogens with one attached hydrogen (secondary N) is 2. The van der Waals surface area contributed by atoms with Gasteiger partial charge in [-0.15, -0.1) is 0 Å². The SMILES string of the molecule is Cc1cccc(C)c1NC(=S)Nc1ccc(F)c(F)c1F. The number of hydrogen-bond acceptors (Lipinski definition) is 1. The summed E-state index contributed by atoms with van der Waals surface area (Å²) in [6.45, 7) is 3.80. The van der Waals surface area contributed by atoms with E-state index in [-0.39, 0.29) is 10.8 Å².